The molecule has 6 heteroatoms. The lowest BCUT2D eigenvalue weighted by molar-refractivity contribution is -0.907. The molecule has 2 saturated heterocycles. The van der Waals surface area contributed by atoms with Gasteiger partial charge >= 0.3 is 0 Å². The van der Waals surface area contributed by atoms with Crippen molar-refractivity contribution < 1.29 is 24.3 Å². The van der Waals surface area contributed by atoms with Gasteiger partial charge in [-0.3, -0.25) is 4.79 Å². The second kappa shape index (κ2) is 8.65. The normalized spacial score (nSPS) is 22.8. The Bertz CT molecular complexity index is 549. The van der Waals surface area contributed by atoms with E-state index in [0.29, 0.717) is 19.8 Å². The van der Waals surface area contributed by atoms with Crippen molar-refractivity contribution in [2.24, 2.45) is 0 Å². The van der Waals surface area contributed by atoms with E-state index in [1.165, 1.54) is 10.5 Å². The monoisotopic (exact) mass is 349 g/mol. The van der Waals surface area contributed by atoms with Crippen LogP contribution in [0.4, 0.5) is 0 Å². The van der Waals surface area contributed by atoms with Gasteiger partial charge in [-0.05, 0) is 31.9 Å². The zero-order valence-electron chi connectivity index (χ0n) is 14.9. The Labute approximate surface area is 149 Å². The van der Waals surface area contributed by atoms with Crippen molar-refractivity contribution >= 4 is 5.91 Å². The average molecular weight is 349 g/mol. The molecule has 0 aliphatic carbocycles. The van der Waals surface area contributed by atoms with Gasteiger partial charge in [-0.2, -0.15) is 0 Å². The maximum Gasteiger partial charge on any atom is 0.252 e. The van der Waals surface area contributed by atoms with E-state index in [2.05, 4.69) is 0 Å². The third kappa shape index (κ3) is 5.17. The van der Waals surface area contributed by atoms with Crippen LogP contribution in [0.2, 0.25) is 0 Å². The first-order valence-corrected chi connectivity index (χ1v) is 9.23. The number of quaternary nitrogens is 1. The molecule has 3 rings (SSSR count). The third-order valence-corrected chi connectivity index (χ3v) is 4.98. The van der Waals surface area contributed by atoms with E-state index in [4.69, 9.17) is 9.47 Å². The van der Waals surface area contributed by atoms with Gasteiger partial charge in [0.2, 0.25) is 0 Å². The van der Waals surface area contributed by atoms with Gasteiger partial charge in [0.05, 0.1) is 26.2 Å². The number of piperazine rings is 1. The van der Waals surface area contributed by atoms with Gasteiger partial charge in [-0.15, -0.1) is 0 Å². The zero-order valence-corrected chi connectivity index (χ0v) is 14.9. The average Bonchev–Trinajstić information content (AvgIpc) is 3.16. The van der Waals surface area contributed by atoms with E-state index in [-0.39, 0.29) is 12.0 Å². The summed E-state index contributed by atoms with van der Waals surface area (Å²) in [7, 11) is 0. The molecule has 2 atom stereocenters. The van der Waals surface area contributed by atoms with E-state index in [9.17, 15) is 9.90 Å². The maximum absolute atomic E-state index is 12.3. The highest BCUT2D eigenvalue weighted by molar-refractivity contribution is 5.81. The number of hydrogen-bond acceptors (Lipinski definition) is 4. The van der Waals surface area contributed by atoms with Crippen molar-refractivity contribution in [2.75, 3.05) is 45.9 Å². The Morgan fingerprint density at radius 2 is 2.08 bits per heavy atom. The molecule has 1 amide bonds. The minimum Gasteiger partial charge on any atom is -0.491 e. The predicted molar refractivity (Wildman–Crippen MR) is 93.8 cm³/mol. The van der Waals surface area contributed by atoms with Crippen molar-refractivity contribution in [3.05, 3.63) is 29.8 Å². The van der Waals surface area contributed by atoms with E-state index in [1.54, 1.807) is 0 Å². The van der Waals surface area contributed by atoms with Gasteiger partial charge in [0.1, 0.15) is 31.1 Å². The highest BCUT2D eigenvalue weighted by atomic mass is 16.5. The number of aryl methyl sites for hydroxylation is 1. The summed E-state index contributed by atoms with van der Waals surface area (Å²) in [6, 6.07) is 7.84. The first-order chi connectivity index (χ1) is 12.1. The van der Waals surface area contributed by atoms with Crippen LogP contribution in [0.5, 0.6) is 5.75 Å². The molecule has 2 fully saturated rings. The molecule has 0 spiro atoms. The fourth-order valence-corrected chi connectivity index (χ4v) is 3.44. The molecule has 0 bridgehead atoms. The summed E-state index contributed by atoms with van der Waals surface area (Å²) >= 11 is 0. The number of rotatable bonds is 6. The van der Waals surface area contributed by atoms with Crippen LogP contribution in [0.25, 0.3) is 0 Å². The summed E-state index contributed by atoms with van der Waals surface area (Å²) in [4.78, 5) is 15.6. The van der Waals surface area contributed by atoms with Crippen molar-refractivity contribution in [1.29, 1.82) is 0 Å². The number of ether oxygens (including phenoxy) is 2. The number of nitrogens with one attached hydrogen (secondary N) is 1. The lowest BCUT2D eigenvalue weighted by atomic mass is 10.2. The smallest absolute Gasteiger partial charge is 0.252 e. The molecule has 2 heterocycles. The van der Waals surface area contributed by atoms with E-state index >= 15 is 0 Å². The first kappa shape index (κ1) is 18.2. The van der Waals surface area contributed by atoms with Gasteiger partial charge in [-0.25, -0.2) is 0 Å². The number of aliphatic hydroxyl groups is 1. The van der Waals surface area contributed by atoms with Crippen molar-refractivity contribution in [3.8, 4) is 5.75 Å². The molecule has 0 saturated carbocycles. The number of hydrogen-bond donors (Lipinski definition) is 2. The van der Waals surface area contributed by atoms with Gasteiger partial charge in [0, 0.05) is 6.61 Å². The molecule has 25 heavy (non-hydrogen) atoms. The molecule has 2 aliphatic heterocycles. The minimum absolute atomic E-state index is 0.139. The third-order valence-electron chi connectivity index (χ3n) is 4.98. The summed E-state index contributed by atoms with van der Waals surface area (Å²) < 4.78 is 11.1. The Kier molecular flexibility index (Phi) is 6.29. The van der Waals surface area contributed by atoms with Gasteiger partial charge < -0.3 is 24.4 Å². The lowest BCUT2D eigenvalue weighted by Crippen LogP contribution is -3.16. The van der Waals surface area contributed by atoms with Crippen molar-refractivity contribution in [3.63, 3.8) is 0 Å². The second-order valence-electron chi connectivity index (χ2n) is 7.06. The number of carbonyl (C=O) groups is 1. The molecule has 6 nitrogen and oxygen atoms in total. The van der Waals surface area contributed by atoms with Crippen LogP contribution in [0.3, 0.4) is 0 Å². The Balaban J connectivity index is 1.36. The molecule has 0 radical (unpaired) electrons. The zero-order chi connectivity index (χ0) is 17.6. The SMILES string of the molecule is Cc1ccc(OC[C@H](O)C[NH+]2CCN(C(=O)[C@@H]3CCCO3)CC2)cc1. The molecule has 138 valence electrons. The Morgan fingerprint density at radius 3 is 2.72 bits per heavy atom. The second-order valence-corrected chi connectivity index (χ2v) is 7.06. The minimum atomic E-state index is -0.503. The van der Waals surface area contributed by atoms with Gasteiger partial charge in [0.15, 0.2) is 0 Å². The molecule has 1 aromatic rings. The lowest BCUT2D eigenvalue weighted by Gasteiger charge is -2.34. The summed E-state index contributed by atoms with van der Waals surface area (Å²) in [6.07, 6.45) is 1.10. The fraction of sp³-hybridized carbons (Fsp3) is 0.632. The van der Waals surface area contributed by atoms with Gasteiger partial charge in [-0.1, -0.05) is 17.7 Å². The van der Waals surface area contributed by atoms with Crippen molar-refractivity contribution in [2.45, 2.75) is 32.0 Å². The molecule has 0 aromatic heterocycles. The number of aliphatic hydroxyl groups excluding tert-OH is 1. The highest BCUT2D eigenvalue weighted by Gasteiger charge is 2.32. The van der Waals surface area contributed by atoms with Crippen LogP contribution in [0.1, 0.15) is 18.4 Å². The summed E-state index contributed by atoms with van der Waals surface area (Å²) in [5, 5.41) is 10.2. The van der Waals surface area contributed by atoms with Crippen LogP contribution in [0, 0.1) is 6.92 Å². The molecule has 0 unspecified atom stereocenters. The molecule has 1 aromatic carbocycles. The molecule has 2 aliphatic rings. The largest absolute Gasteiger partial charge is 0.491 e. The quantitative estimate of drug-likeness (QED) is 0.736. The topological polar surface area (TPSA) is 63.4 Å². The summed E-state index contributed by atoms with van der Waals surface area (Å²) in [5.41, 5.74) is 1.19. The number of amides is 1. The first-order valence-electron chi connectivity index (χ1n) is 9.23. The van der Waals surface area contributed by atoms with Crippen LogP contribution < -0.4 is 9.64 Å². The van der Waals surface area contributed by atoms with Crippen LogP contribution in [-0.2, 0) is 9.53 Å². The standard InChI is InChI=1S/C19H28N2O4/c1-15-4-6-17(7-5-15)25-14-16(22)13-20-8-10-21(11-9-20)19(23)18-3-2-12-24-18/h4-7,16,18,22H,2-3,8-14H2,1H3/p+1/t16-,18+/m1/s1. The summed E-state index contributed by atoms with van der Waals surface area (Å²) in [6.45, 7) is 6.87. The Morgan fingerprint density at radius 1 is 1.36 bits per heavy atom. The van der Waals surface area contributed by atoms with Crippen LogP contribution in [0.15, 0.2) is 24.3 Å². The maximum atomic E-state index is 12.3. The molecular formula is C19H29N2O4+. The number of carbonyl (C=O) groups excluding carboxylic acids is 1. The molecule has 2 N–H and O–H groups in total. The molecular weight excluding hydrogens is 320 g/mol. The number of nitrogens with zero attached hydrogens (tertiary/aromatic N) is 1. The number of benzene rings is 1. The van der Waals surface area contributed by atoms with Crippen molar-refractivity contribution in [1.82, 2.24) is 4.90 Å². The van der Waals surface area contributed by atoms with E-state index in [0.717, 1.165) is 44.8 Å². The predicted octanol–water partition coefficient (Wildman–Crippen LogP) is -0.359. The van der Waals surface area contributed by atoms with E-state index in [1.807, 2.05) is 36.1 Å². The Hall–Kier alpha value is -1.63. The highest BCUT2D eigenvalue weighted by Crippen LogP contribution is 2.14. The van der Waals surface area contributed by atoms with Crippen LogP contribution >= 0.6 is 0 Å². The summed E-state index contributed by atoms with van der Waals surface area (Å²) in [5.74, 6) is 0.923. The fourth-order valence-electron chi connectivity index (χ4n) is 3.44. The van der Waals surface area contributed by atoms with Crippen LogP contribution in [-0.4, -0.2) is 74.1 Å². The van der Waals surface area contributed by atoms with Gasteiger partial charge in [0.25, 0.3) is 5.91 Å². The van der Waals surface area contributed by atoms with E-state index < -0.39 is 6.10 Å².